The van der Waals surface area contributed by atoms with Crippen LogP contribution in [0.15, 0.2) is 48.5 Å². The highest BCUT2D eigenvalue weighted by Gasteiger charge is 2.50. The van der Waals surface area contributed by atoms with Crippen molar-refractivity contribution >= 4 is 29.1 Å². The third-order valence-corrected chi connectivity index (χ3v) is 5.69. The number of hydrogen-bond acceptors (Lipinski definition) is 4. The molecule has 2 heterocycles. The fraction of sp³-hybridized carbons (Fsp3) is 0.348. The molecule has 2 atom stereocenters. The fourth-order valence-electron chi connectivity index (χ4n) is 4.19. The van der Waals surface area contributed by atoms with E-state index in [-0.39, 0.29) is 11.8 Å². The Morgan fingerprint density at radius 2 is 1.83 bits per heavy atom. The van der Waals surface area contributed by atoms with Crippen molar-refractivity contribution in [1.82, 2.24) is 4.90 Å². The van der Waals surface area contributed by atoms with Crippen LogP contribution < -0.4 is 15.0 Å². The van der Waals surface area contributed by atoms with Gasteiger partial charge < -0.3 is 15.0 Å². The summed E-state index contributed by atoms with van der Waals surface area (Å²) in [6, 6.07) is 12.4. The van der Waals surface area contributed by atoms with Crippen LogP contribution in [0.3, 0.4) is 0 Å². The maximum Gasteiger partial charge on any atom is 0.257 e. The van der Waals surface area contributed by atoms with E-state index in [4.69, 9.17) is 4.74 Å². The molecule has 2 saturated heterocycles. The van der Waals surface area contributed by atoms with Gasteiger partial charge in [0.1, 0.15) is 11.8 Å². The Bertz CT molecular complexity index is 973. The number of hydrogen-bond donors (Lipinski definition) is 1. The van der Waals surface area contributed by atoms with E-state index in [1.54, 1.807) is 42.3 Å². The number of nitrogens with one attached hydrogen (secondary N) is 1. The Labute approximate surface area is 175 Å². The number of benzene rings is 2. The van der Waals surface area contributed by atoms with E-state index in [1.165, 1.54) is 4.90 Å². The summed E-state index contributed by atoms with van der Waals surface area (Å²) >= 11 is 0. The number of ether oxygens (including phenoxy) is 1. The summed E-state index contributed by atoms with van der Waals surface area (Å²) in [7, 11) is 1.56. The molecule has 0 spiro atoms. The highest BCUT2D eigenvalue weighted by molar-refractivity contribution is 6.21. The van der Waals surface area contributed by atoms with Gasteiger partial charge in [-0.05, 0) is 68.1 Å². The molecule has 0 radical (unpaired) electrons. The van der Waals surface area contributed by atoms with Gasteiger partial charge in [-0.3, -0.25) is 19.3 Å². The van der Waals surface area contributed by atoms with E-state index in [0.717, 1.165) is 18.4 Å². The van der Waals surface area contributed by atoms with Gasteiger partial charge in [-0.25, -0.2) is 0 Å². The van der Waals surface area contributed by atoms with Gasteiger partial charge in [0.2, 0.25) is 0 Å². The molecule has 7 nitrogen and oxygen atoms in total. The first-order chi connectivity index (χ1) is 14.5. The average molecular weight is 407 g/mol. The average Bonchev–Trinajstić information content (AvgIpc) is 2.76. The predicted octanol–water partition coefficient (Wildman–Crippen LogP) is 2.74. The summed E-state index contributed by atoms with van der Waals surface area (Å²) in [5.74, 6) is -0.433. The maximum atomic E-state index is 13.4. The number of carbonyl (C=O) groups excluding carboxylic acids is 3. The molecule has 0 aliphatic carbocycles. The number of carbonyl (C=O) groups is 3. The van der Waals surface area contributed by atoms with Crippen LogP contribution in [0, 0.1) is 6.92 Å². The molecule has 1 N–H and O–H groups in total. The first-order valence-electron chi connectivity index (χ1n) is 10.1. The number of aryl methyl sites for hydroxylation is 1. The third-order valence-electron chi connectivity index (χ3n) is 5.69. The molecule has 3 amide bonds. The summed E-state index contributed by atoms with van der Waals surface area (Å²) in [4.78, 5) is 42.9. The van der Waals surface area contributed by atoms with Crippen LogP contribution in [-0.2, 0) is 14.4 Å². The highest BCUT2D eigenvalue weighted by atomic mass is 16.5. The van der Waals surface area contributed by atoms with Gasteiger partial charge in [0, 0.05) is 17.9 Å². The van der Waals surface area contributed by atoms with Crippen LogP contribution in [0.1, 0.15) is 24.8 Å². The van der Waals surface area contributed by atoms with E-state index in [1.807, 2.05) is 25.1 Å². The van der Waals surface area contributed by atoms with Crippen molar-refractivity contribution in [2.24, 2.45) is 0 Å². The Kier molecular flexibility index (Phi) is 5.44. The van der Waals surface area contributed by atoms with Crippen LogP contribution in [-0.4, -0.2) is 48.4 Å². The fourth-order valence-corrected chi connectivity index (χ4v) is 4.19. The van der Waals surface area contributed by atoms with Crippen LogP contribution in [0.2, 0.25) is 0 Å². The van der Waals surface area contributed by atoms with E-state index in [9.17, 15) is 14.4 Å². The van der Waals surface area contributed by atoms with Crippen molar-refractivity contribution in [2.45, 2.75) is 38.3 Å². The maximum absolute atomic E-state index is 13.4. The lowest BCUT2D eigenvalue weighted by molar-refractivity contribution is -0.150. The van der Waals surface area contributed by atoms with Crippen molar-refractivity contribution in [3.63, 3.8) is 0 Å². The van der Waals surface area contributed by atoms with Crippen molar-refractivity contribution in [3.8, 4) is 5.75 Å². The SMILES string of the molecule is COc1ccc(N2C(=O)C3CCCCN3C(=O)C2C(=O)Nc2cccc(C)c2)cc1. The smallest absolute Gasteiger partial charge is 0.257 e. The molecule has 2 fully saturated rings. The standard InChI is InChI=1S/C23H25N3O4/c1-15-6-5-7-16(14-15)24-21(27)20-23(29)25-13-4-3-8-19(25)22(28)26(20)17-9-11-18(30-2)12-10-17/h5-7,9-12,14,19-20H,3-4,8,13H2,1-2H3,(H,24,27). The Balaban J connectivity index is 1.71. The molecule has 30 heavy (non-hydrogen) atoms. The second-order valence-corrected chi connectivity index (χ2v) is 7.71. The first-order valence-corrected chi connectivity index (χ1v) is 10.1. The lowest BCUT2D eigenvalue weighted by atomic mass is 9.94. The van der Waals surface area contributed by atoms with Crippen LogP contribution in [0.5, 0.6) is 5.75 Å². The molecule has 0 bridgehead atoms. The normalized spacial score (nSPS) is 21.3. The van der Waals surface area contributed by atoms with Gasteiger partial charge >= 0.3 is 0 Å². The van der Waals surface area contributed by atoms with Crippen LogP contribution in [0.25, 0.3) is 0 Å². The largest absolute Gasteiger partial charge is 0.497 e. The van der Waals surface area contributed by atoms with Crippen molar-refractivity contribution in [2.75, 3.05) is 23.9 Å². The van der Waals surface area contributed by atoms with Gasteiger partial charge in [-0.2, -0.15) is 0 Å². The molecule has 2 aromatic carbocycles. The number of methoxy groups -OCH3 is 1. The molecule has 2 aliphatic heterocycles. The van der Waals surface area contributed by atoms with Crippen molar-refractivity contribution in [1.29, 1.82) is 0 Å². The molecule has 2 unspecified atom stereocenters. The molecular formula is C23H25N3O4. The molecule has 7 heteroatoms. The van der Waals surface area contributed by atoms with Gasteiger partial charge in [0.25, 0.3) is 17.7 Å². The Morgan fingerprint density at radius 3 is 2.53 bits per heavy atom. The van der Waals surface area contributed by atoms with Crippen molar-refractivity contribution in [3.05, 3.63) is 54.1 Å². The number of rotatable bonds is 4. The van der Waals surface area contributed by atoms with E-state index < -0.39 is 18.0 Å². The summed E-state index contributed by atoms with van der Waals surface area (Å²) in [5, 5.41) is 2.82. The molecule has 0 saturated carbocycles. The van der Waals surface area contributed by atoms with Gasteiger partial charge in [0.05, 0.1) is 7.11 Å². The highest BCUT2D eigenvalue weighted by Crippen LogP contribution is 2.31. The Hall–Kier alpha value is -3.35. The number of amides is 3. The lowest BCUT2D eigenvalue weighted by Gasteiger charge is -2.46. The second kappa shape index (κ2) is 8.18. The molecule has 156 valence electrons. The predicted molar refractivity (Wildman–Crippen MR) is 113 cm³/mol. The zero-order chi connectivity index (χ0) is 21.3. The molecular weight excluding hydrogens is 382 g/mol. The van der Waals surface area contributed by atoms with Crippen LogP contribution in [0.4, 0.5) is 11.4 Å². The zero-order valence-electron chi connectivity index (χ0n) is 17.1. The van der Waals surface area contributed by atoms with Gasteiger partial charge in [-0.15, -0.1) is 0 Å². The number of nitrogens with zero attached hydrogens (tertiary/aromatic N) is 2. The number of piperazine rings is 1. The van der Waals surface area contributed by atoms with E-state index >= 15 is 0 Å². The van der Waals surface area contributed by atoms with Gasteiger partial charge in [0.15, 0.2) is 6.04 Å². The van der Waals surface area contributed by atoms with Crippen molar-refractivity contribution < 1.29 is 19.1 Å². The Morgan fingerprint density at radius 1 is 1.07 bits per heavy atom. The molecule has 0 aromatic heterocycles. The number of anilines is 2. The van der Waals surface area contributed by atoms with E-state index in [0.29, 0.717) is 30.1 Å². The minimum Gasteiger partial charge on any atom is -0.497 e. The van der Waals surface area contributed by atoms with E-state index in [2.05, 4.69) is 5.32 Å². The minimum absolute atomic E-state index is 0.219. The second-order valence-electron chi connectivity index (χ2n) is 7.71. The summed E-state index contributed by atoms with van der Waals surface area (Å²) in [6.45, 7) is 2.42. The molecule has 4 rings (SSSR count). The lowest BCUT2D eigenvalue weighted by Crippen LogP contribution is -2.68. The summed E-state index contributed by atoms with van der Waals surface area (Å²) < 4.78 is 5.20. The molecule has 2 aliphatic rings. The summed E-state index contributed by atoms with van der Waals surface area (Å²) in [6.07, 6.45) is 2.34. The minimum atomic E-state index is -1.25. The zero-order valence-corrected chi connectivity index (χ0v) is 17.1. The first kappa shape index (κ1) is 19.9. The monoisotopic (exact) mass is 407 g/mol. The van der Waals surface area contributed by atoms with Gasteiger partial charge in [-0.1, -0.05) is 12.1 Å². The van der Waals surface area contributed by atoms with Crippen LogP contribution >= 0.6 is 0 Å². The molecule has 2 aromatic rings. The number of fused-ring (bicyclic) bond motifs is 1. The quantitative estimate of drug-likeness (QED) is 0.791. The summed E-state index contributed by atoms with van der Waals surface area (Å²) in [5.41, 5.74) is 2.08. The number of piperidine rings is 1. The third kappa shape index (κ3) is 3.63. The topological polar surface area (TPSA) is 79.0 Å².